The zero-order chi connectivity index (χ0) is 12.8. The lowest BCUT2D eigenvalue weighted by atomic mass is 10.0. The van der Waals surface area contributed by atoms with Crippen molar-refractivity contribution in [2.75, 3.05) is 6.54 Å². The summed E-state index contributed by atoms with van der Waals surface area (Å²) in [5, 5.41) is 14.1. The van der Waals surface area contributed by atoms with E-state index < -0.39 is 0 Å². The van der Waals surface area contributed by atoms with Gasteiger partial charge in [-0.3, -0.25) is 10.1 Å². The van der Waals surface area contributed by atoms with E-state index in [9.17, 15) is 10.1 Å². The highest BCUT2D eigenvalue weighted by Crippen LogP contribution is 2.21. The first-order valence-electron chi connectivity index (χ1n) is 6.02. The number of nitro groups is 1. The molecule has 1 aromatic rings. The van der Waals surface area contributed by atoms with Gasteiger partial charge in [-0.05, 0) is 24.4 Å². The zero-order valence-corrected chi connectivity index (χ0v) is 10.6. The van der Waals surface area contributed by atoms with Gasteiger partial charge in [0.25, 0.3) is 5.69 Å². The van der Waals surface area contributed by atoms with E-state index in [0.29, 0.717) is 5.92 Å². The van der Waals surface area contributed by atoms with Crippen molar-refractivity contribution in [2.24, 2.45) is 5.92 Å². The van der Waals surface area contributed by atoms with Gasteiger partial charge in [0.2, 0.25) is 0 Å². The number of nitro benzene ring substituents is 1. The van der Waals surface area contributed by atoms with Crippen LogP contribution in [0.3, 0.4) is 0 Å². The summed E-state index contributed by atoms with van der Waals surface area (Å²) >= 11 is 0. The first-order valence-corrected chi connectivity index (χ1v) is 6.02. The molecular formula is C13H20N2O2. The lowest BCUT2D eigenvalue weighted by molar-refractivity contribution is -0.384. The lowest BCUT2D eigenvalue weighted by Crippen LogP contribution is -2.24. The number of benzene rings is 1. The second kappa shape index (κ2) is 6.35. The van der Waals surface area contributed by atoms with E-state index in [0.717, 1.165) is 18.5 Å². The van der Waals surface area contributed by atoms with Gasteiger partial charge in [0, 0.05) is 18.2 Å². The normalized spacial score (nSPS) is 12.7. The average Bonchev–Trinajstić information content (AvgIpc) is 2.30. The van der Waals surface area contributed by atoms with Crippen molar-refractivity contribution in [1.82, 2.24) is 5.32 Å². The molecular weight excluding hydrogens is 216 g/mol. The van der Waals surface area contributed by atoms with Crippen LogP contribution in [0.1, 0.15) is 38.8 Å². The Labute approximate surface area is 102 Å². The van der Waals surface area contributed by atoms with Crippen LogP contribution in [0.15, 0.2) is 24.3 Å². The SMILES string of the molecule is CCC(NCC(C)C)c1cccc([N+](=O)[O-])c1. The number of hydrogen-bond acceptors (Lipinski definition) is 3. The highest BCUT2D eigenvalue weighted by Gasteiger charge is 2.13. The molecule has 0 aliphatic heterocycles. The fourth-order valence-electron chi connectivity index (χ4n) is 1.73. The minimum Gasteiger partial charge on any atom is -0.310 e. The summed E-state index contributed by atoms with van der Waals surface area (Å²) in [6, 6.07) is 7.05. The molecule has 0 bridgehead atoms. The average molecular weight is 236 g/mol. The molecule has 0 heterocycles. The minimum absolute atomic E-state index is 0.160. The van der Waals surface area contributed by atoms with Gasteiger partial charge in [0.1, 0.15) is 0 Å². The lowest BCUT2D eigenvalue weighted by Gasteiger charge is -2.18. The Morgan fingerprint density at radius 1 is 1.41 bits per heavy atom. The monoisotopic (exact) mass is 236 g/mol. The van der Waals surface area contributed by atoms with Crippen molar-refractivity contribution in [3.63, 3.8) is 0 Å². The number of hydrogen-bond donors (Lipinski definition) is 1. The van der Waals surface area contributed by atoms with Crippen LogP contribution < -0.4 is 5.32 Å². The second-order valence-corrected chi connectivity index (χ2v) is 4.62. The Morgan fingerprint density at radius 2 is 2.12 bits per heavy atom. The first-order chi connectivity index (χ1) is 8.04. The van der Waals surface area contributed by atoms with Crippen molar-refractivity contribution < 1.29 is 4.92 Å². The third kappa shape index (κ3) is 4.15. The second-order valence-electron chi connectivity index (χ2n) is 4.62. The first kappa shape index (κ1) is 13.6. The molecule has 1 aromatic carbocycles. The van der Waals surface area contributed by atoms with Crippen LogP contribution in [0.5, 0.6) is 0 Å². The van der Waals surface area contributed by atoms with Gasteiger partial charge < -0.3 is 5.32 Å². The maximum atomic E-state index is 10.7. The molecule has 0 fully saturated rings. The zero-order valence-electron chi connectivity index (χ0n) is 10.6. The predicted molar refractivity (Wildman–Crippen MR) is 69.0 cm³/mol. The number of nitrogens with zero attached hydrogens (tertiary/aromatic N) is 1. The molecule has 1 unspecified atom stereocenters. The van der Waals surface area contributed by atoms with Crippen molar-refractivity contribution in [2.45, 2.75) is 33.2 Å². The van der Waals surface area contributed by atoms with Crippen LogP contribution in [-0.2, 0) is 0 Å². The van der Waals surface area contributed by atoms with Gasteiger partial charge >= 0.3 is 0 Å². The molecule has 4 heteroatoms. The van der Waals surface area contributed by atoms with Crippen molar-refractivity contribution in [1.29, 1.82) is 0 Å². The fraction of sp³-hybridized carbons (Fsp3) is 0.538. The van der Waals surface area contributed by atoms with Crippen molar-refractivity contribution in [3.05, 3.63) is 39.9 Å². The topological polar surface area (TPSA) is 55.2 Å². The van der Waals surface area contributed by atoms with Crippen LogP contribution in [-0.4, -0.2) is 11.5 Å². The number of rotatable bonds is 6. The van der Waals surface area contributed by atoms with Gasteiger partial charge in [-0.15, -0.1) is 0 Å². The molecule has 0 spiro atoms. The Kier molecular flexibility index (Phi) is 5.10. The van der Waals surface area contributed by atoms with Crippen LogP contribution in [0.4, 0.5) is 5.69 Å². The maximum Gasteiger partial charge on any atom is 0.269 e. The van der Waals surface area contributed by atoms with Crippen LogP contribution in [0, 0.1) is 16.0 Å². The van der Waals surface area contributed by atoms with E-state index >= 15 is 0 Å². The molecule has 0 aromatic heterocycles. The van der Waals surface area contributed by atoms with E-state index in [1.165, 1.54) is 6.07 Å². The van der Waals surface area contributed by atoms with Gasteiger partial charge in [0.05, 0.1) is 4.92 Å². The summed E-state index contributed by atoms with van der Waals surface area (Å²) in [6.45, 7) is 7.29. The van der Waals surface area contributed by atoms with Gasteiger partial charge in [-0.2, -0.15) is 0 Å². The third-order valence-electron chi connectivity index (χ3n) is 2.66. The molecule has 1 rings (SSSR count). The summed E-state index contributed by atoms with van der Waals surface area (Å²) in [4.78, 5) is 10.4. The molecule has 1 N–H and O–H groups in total. The molecule has 0 saturated carbocycles. The molecule has 4 nitrogen and oxygen atoms in total. The van der Waals surface area contributed by atoms with E-state index in [1.807, 2.05) is 6.07 Å². The minimum atomic E-state index is -0.349. The van der Waals surface area contributed by atoms with E-state index in [4.69, 9.17) is 0 Å². The Bertz CT molecular complexity index is 377. The smallest absolute Gasteiger partial charge is 0.269 e. The van der Waals surface area contributed by atoms with Gasteiger partial charge in [-0.25, -0.2) is 0 Å². The third-order valence-corrected chi connectivity index (χ3v) is 2.66. The van der Waals surface area contributed by atoms with Crippen molar-refractivity contribution >= 4 is 5.69 Å². The largest absolute Gasteiger partial charge is 0.310 e. The van der Waals surface area contributed by atoms with E-state index in [1.54, 1.807) is 12.1 Å². The summed E-state index contributed by atoms with van der Waals surface area (Å²) in [5.74, 6) is 0.572. The van der Waals surface area contributed by atoms with Gasteiger partial charge in [-0.1, -0.05) is 32.9 Å². The van der Waals surface area contributed by atoms with Crippen LogP contribution >= 0.6 is 0 Å². The Balaban J connectivity index is 2.80. The molecule has 0 saturated heterocycles. The summed E-state index contributed by atoms with van der Waals surface area (Å²) in [6.07, 6.45) is 0.924. The van der Waals surface area contributed by atoms with E-state index in [-0.39, 0.29) is 16.7 Å². The highest BCUT2D eigenvalue weighted by atomic mass is 16.6. The van der Waals surface area contributed by atoms with Gasteiger partial charge in [0.15, 0.2) is 0 Å². The predicted octanol–water partition coefficient (Wildman–Crippen LogP) is 3.29. The molecule has 0 amide bonds. The Hall–Kier alpha value is -1.42. The number of nitrogens with one attached hydrogen (secondary N) is 1. The van der Waals surface area contributed by atoms with E-state index in [2.05, 4.69) is 26.1 Å². The summed E-state index contributed by atoms with van der Waals surface area (Å²) in [5.41, 5.74) is 1.15. The highest BCUT2D eigenvalue weighted by molar-refractivity contribution is 5.35. The molecule has 0 radical (unpaired) electrons. The number of non-ortho nitro benzene ring substituents is 1. The fourth-order valence-corrected chi connectivity index (χ4v) is 1.73. The molecule has 94 valence electrons. The molecule has 17 heavy (non-hydrogen) atoms. The Morgan fingerprint density at radius 3 is 2.65 bits per heavy atom. The molecule has 0 aliphatic carbocycles. The van der Waals surface area contributed by atoms with Crippen LogP contribution in [0.25, 0.3) is 0 Å². The molecule has 1 atom stereocenters. The molecule has 0 aliphatic rings. The maximum absolute atomic E-state index is 10.7. The van der Waals surface area contributed by atoms with Crippen molar-refractivity contribution in [3.8, 4) is 0 Å². The standard InChI is InChI=1S/C13H20N2O2/c1-4-13(14-9-10(2)3)11-6-5-7-12(8-11)15(16)17/h5-8,10,13-14H,4,9H2,1-3H3. The quantitative estimate of drug-likeness (QED) is 0.609. The van der Waals surface area contributed by atoms with Crippen LogP contribution in [0.2, 0.25) is 0 Å². The summed E-state index contributed by atoms with van der Waals surface area (Å²) in [7, 11) is 0. The summed E-state index contributed by atoms with van der Waals surface area (Å²) < 4.78 is 0.